The second-order valence-electron chi connectivity index (χ2n) is 6.54. The molecule has 0 aliphatic rings. The normalized spacial score (nSPS) is 12.1. The second-order valence-corrected chi connectivity index (χ2v) is 8.84. The van der Waals surface area contributed by atoms with Crippen LogP contribution in [0.5, 0.6) is 0 Å². The average Bonchev–Trinajstić information content (AvgIpc) is 2.79. The summed E-state index contributed by atoms with van der Waals surface area (Å²) in [6, 6.07) is 16.8. The van der Waals surface area contributed by atoms with Crippen molar-refractivity contribution in [1.29, 1.82) is 0 Å². The minimum Gasteiger partial charge on any atom is -0.444 e. The molecule has 0 spiro atoms. The molecule has 0 saturated heterocycles. The van der Waals surface area contributed by atoms with Crippen molar-refractivity contribution in [1.82, 2.24) is 4.72 Å². The van der Waals surface area contributed by atoms with Crippen molar-refractivity contribution in [2.75, 3.05) is 12.4 Å². The van der Waals surface area contributed by atoms with Crippen molar-refractivity contribution < 1.29 is 27.1 Å². The van der Waals surface area contributed by atoms with Gasteiger partial charge in [0.05, 0.1) is 15.5 Å². The van der Waals surface area contributed by atoms with Gasteiger partial charge >= 0.3 is 5.97 Å². The lowest BCUT2D eigenvalue weighted by Crippen LogP contribution is -2.26. The molecule has 3 aromatic rings. The largest absolute Gasteiger partial charge is 0.444 e. The van der Waals surface area contributed by atoms with Crippen LogP contribution in [0.1, 0.15) is 22.0 Å². The molecule has 0 aliphatic heterocycles. The zero-order valence-corrected chi connectivity index (χ0v) is 18.3. The van der Waals surface area contributed by atoms with Gasteiger partial charge in [-0.1, -0.05) is 41.9 Å². The molecule has 1 atom stereocenters. The molecule has 0 fully saturated rings. The van der Waals surface area contributed by atoms with Crippen molar-refractivity contribution in [3.8, 4) is 0 Å². The molecule has 3 rings (SSSR count). The van der Waals surface area contributed by atoms with Gasteiger partial charge in [-0.2, -0.15) is 0 Å². The summed E-state index contributed by atoms with van der Waals surface area (Å²) in [5.41, 5.74) is 0.447. The number of benzene rings is 3. The third-order valence-corrected chi connectivity index (χ3v) is 6.16. The summed E-state index contributed by atoms with van der Waals surface area (Å²) < 4.78 is 44.9. The molecule has 0 aromatic heterocycles. The van der Waals surface area contributed by atoms with E-state index in [0.29, 0.717) is 11.3 Å². The lowest BCUT2D eigenvalue weighted by Gasteiger charge is -2.19. The van der Waals surface area contributed by atoms with Crippen LogP contribution >= 0.6 is 11.6 Å². The zero-order chi connectivity index (χ0) is 23.3. The van der Waals surface area contributed by atoms with E-state index in [0.717, 1.165) is 6.07 Å². The minimum atomic E-state index is -3.84. The van der Waals surface area contributed by atoms with Gasteiger partial charge in [-0.05, 0) is 49.5 Å². The summed E-state index contributed by atoms with van der Waals surface area (Å²) in [6.45, 7) is 0. The molecule has 0 radical (unpaired) electrons. The topological polar surface area (TPSA) is 102 Å². The number of amides is 1. The van der Waals surface area contributed by atoms with Gasteiger partial charge in [0, 0.05) is 11.3 Å². The Morgan fingerprint density at radius 1 is 1.00 bits per heavy atom. The predicted octanol–water partition coefficient (Wildman–Crippen LogP) is 3.92. The Morgan fingerprint density at radius 3 is 2.28 bits per heavy atom. The fourth-order valence-corrected chi connectivity index (χ4v) is 3.71. The fourth-order valence-electron chi connectivity index (χ4n) is 2.76. The highest BCUT2D eigenvalue weighted by molar-refractivity contribution is 7.89. The van der Waals surface area contributed by atoms with Gasteiger partial charge in [0.1, 0.15) is 5.82 Å². The summed E-state index contributed by atoms with van der Waals surface area (Å²) in [6.07, 6.45) is -1.38. The van der Waals surface area contributed by atoms with Crippen LogP contribution in [0.2, 0.25) is 5.02 Å². The smallest absolute Gasteiger partial charge is 0.340 e. The molecular formula is C22H18ClFN2O5S. The quantitative estimate of drug-likeness (QED) is 0.503. The highest BCUT2D eigenvalue weighted by atomic mass is 35.5. The Balaban J connectivity index is 1.92. The van der Waals surface area contributed by atoms with Crippen LogP contribution in [0.15, 0.2) is 77.7 Å². The molecule has 7 nitrogen and oxygen atoms in total. The third kappa shape index (κ3) is 5.50. The van der Waals surface area contributed by atoms with E-state index < -0.39 is 33.8 Å². The van der Waals surface area contributed by atoms with Gasteiger partial charge in [-0.3, -0.25) is 4.79 Å². The van der Waals surface area contributed by atoms with Crippen LogP contribution in [0, 0.1) is 5.82 Å². The molecule has 166 valence electrons. The van der Waals surface area contributed by atoms with E-state index in [4.69, 9.17) is 16.3 Å². The van der Waals surface area contributed by atoms with Crippen LogP contribution in [-0.4, -0.2) is 27.3 Å². The molecule has 1 amide bonds. The van der Waals surface area contributed by atoms with Crippen molar-refractivity contribution in [2.24, 2.45) is 0 Å². The number of esters is 1. The number of sulfonamides is 1. The SMILES string of the molecule is CNS(=O)(=O)c1ccc(Cl)c(C(=O)OC(C(=O)Nc2ccc(F)cc2)c2ccccc2)c1. The van der Waals surface area contributed by atoms with Gasteiger partial charge < -0.3 is 10.1 Å². The van der Waals surface area contributed by atoms with Crippen LogP contribution in [0.4, 0.5) is 10.1 Å². The minimum absolute atomic E-state index is 0.0455. The molecule has 0 bridgehead atoms. The Bertz CT molecular complexity index is 1230. The van der Waals surface area contributed by atoms with Crippen LogP contribution < -0.4 is 10.0 Å². The first-order valence-electron chi connectivity index (χ1n) is 9.27. The number of nitrogens with one attached hydrogen (secondary N) is 2. The lowest BCUT2D eigenvalue weighted by atomic mass is 10.1. The number of anilines is 1. The van der Waals surface area contributed by atoms with Gasteiger partial charge in [0.15, 0.2) is 0 Å². The molecule has 1 unspecified atom stereocenters. The molecule has 2 N–H and O–H groups in total. The maximum absolute atomic E-state index is 13.1. The van der Waals surface area contributed by atoms with Gasteiger partial charge in [0.2, 0.25) is 16.1 Å². The van der Waals surface area contributed by atoms with Crippen molar-refractivity contribution in [3.63, 3.8) is 0 Å². The summed E-state index contributed by atoms with van der Waals surface area (Å²) in [5, 5.41) is 2.52. The zero-order valence-electron chi connectivity index (χ0n) is 16.7. The lowest BCUT2D eigenvalue weighted by molar-refractivity contribution is -0.125. The molecule has 3 aromatic carbocycles. The molecule has 10 heteroatoms. The Hall–Kier alpha value is -3.27. The first-order valence-corrected chi connectivity index (χ1v) is 11.1. The molecule has 32 heavy (non-hydrogen) atoms. The van der Waals surface area contributed by atoms with E-state index in [2.05, 4.69) is 10.0 Å². The summed E-state index contributed by atoms with van der Waals surface area (Å²) >= 11 is 6.09. The van der Waals surface area contributed by atoms with E-state index in [1.54, 1.807) is 30.3 Å². The summed E-state index contributed by atoms with van der Waals surface area (Å²) in [4.78, 5) is 25.6. The summed E-state index contributed by atoms with van der Waals surface area (Å²) in [7, 11) is -2.61. The average molecular weight is 477 g/mol. The second kappa shape index (κ2) is 9.90. The first kappa shape index (κ1) is 23.4. The Morgan fingerprint density at radius 2 is 1.66 bits per heavy atom. The maximum atomic E-state index is 13.1. The Kier molecular flexibility index (Phi) is 7.24. The van der Waals surface area contributed by atoms with E-state index in [1.807, 2.05) is 0 Å². The third-order valence-electron chi connectivity index (χ3n) is 4.41. The van der Waals surface area contributed by atoms with E-state index in [9.17, 15) is 22.4 Å². The monoisotopic (exact) mass is 476 g/mol. The van der Waals surface area contributed by atoms with Gasteiger partial charge in [0.25, 0.3) is 5.91 Å². The first-order chi connectivity index (χ1) is 15.2. The van der Waals surface area contributed by atoms with Crippen molar-refractivity contribution in [3.05, 3.63) is 94.8 Å². The van der Waals surface area contributed by atoms with Crippen molar-refractivity contribution >= 4 is 39.2 Å². The number of halogens is 2. The standard InChI is InChI=1S/C22H18ClFN2O5S/c1-25-32(29,30)17-11-12-19(23)18(13-17)22(28)31-20(14-5-3-2-4-6-14)21(27)26-16-9-7-15(24)8-10-16/h2-13,20,25H,1H3,(H,26,27). The van der Waals surface area contributed by atoms with Crippen LogP contribution in [0.25, 0.3) is 0 Å². The van der Waals surface area contributed by atoms with E-state index >= 15 is 0 Å². The number of rotatable bonds is 7. The highest BCUT2D eigenvalue weighted by Crippen LogP contribution is 2.26. The van der Waals surface area contributed by atoms with Crippen molar-refractivity contribution in [2.45, 2.75) is 11.0 Å². The maximum Gasteiger partial charge on any atom is 0.340 e. The molecule has 0 aliphatic carbocycles. The van der Waals surface area contributed by atoms with Gasteiger partial charge in [-0.15, -0.1) is 0 Å². The van der Waals surface area contributed by atoms with Gasteiger partial charge in [-0.25, -0.2) is 22.3 Å². The predicted molar refractivity (Wildman–Crippen MR) is 117 cm³/mol. The van der Waals surface area contributed by atoms with Crippen LogP contribution in [-0.2, 0) is 19.6 Å². The fraction of sp³-hybridized carbons (Fsp3) is 0.0909. The highest BCUT2D eigenvalue weighted by Gasteiger charge is 2.27. The number of ether oxygens (including phenoxy) is 1. The van der Waals surface area contributed by atoms with Crippen LogP contribution in [0.3, 0.4) is 0 Å². The Labute approximate surface area is 189 Å². The number of carbonyl (C=O) groups is 2. The molecular weight excluding hydrogens is 459 g/mol. The summed E-state index contributed by atoms with van der Waals surface area (Å²) in [5.74, 6) is -2.15. The van der Waals surface area contributed by atoms with E-state index in [1.165, 1.54) is 43.4 Å². The number of carbonyl (C=O) groups excluding carboxylic acids is 2. The molecule has 0 saturated carbocycles. The molecule has 0 heterocycles. The van der Waals surface area contributed by atoms with E-state index in [-0.39, 0.29) is 15.5 Å². The number of hydrogen-bond acceptors (Lipinski definition) is 5. The number of hydrogen-bond donors (Lipinski definition) is 2.